The summed E-state index contributed by atoms with van der Waals surface area (Å²) in [6.07, 6.45) is 1.42. The molecule has 1 N–H and O–H groups in total. The van der Waals surface area contributed by atoms with E-state index < -0.39 is 12.0 Å². The topological polar surface area (TPSA) is 56.8 Å². The maximum atomic E-state index is 12.7. The maximum Gasteiger partial charge on any atom is 0.281 e. The SMILES string of the molecule is CC(OCC1CCCO1)C(=O)NOc1ccc(F)cc1. The van der Waals surface area contributed by atoms with Crippen molar-refractivity contribution in [3.63, 3.8) is 0 Å². The monoisotopic (exact) mass is 283 g/mol. The molecule has 1 amide bonds. The molecule has 1 aromatic carbocycles. The minimum Gasteiger partial charge on any atom is -0.379 e. The molecule has 2 atom stereocenters. The van der Waals surface area contributed by atoms with Crippen LogP contribution in [0.3, 0.4) is 0 Å². The predicted octanol–water partition coefficient (Wildman–Crippen LogP) is 1.82. The van der Waals surface area contributed by atoms with E-state index in [0.29, 0.717) is 12.4 Å². The third-order valence-corrected chi connectivity index (χ3v) is 3.01. The van der Waals surface area contributed by atoms with Gasteiger partial charge in [0, 0.05) is 6.61 Å². The molecule has 2 rings (SSSR count). The van der Waals surface area contributed by atoms with Gasteiger partial charge in [0.1, 0.15) is 11.9 Å². The molecule has 1 heterocycles. The minimum absolute atomic E-state index is 0.0725. The van der Waals surface area contributed by atoms with Gasteiger partial charge < -0.3 is 14.3 Å². The zero-order chi connectivity index (χ0) is 14.4. The second-order valence-electron chi connectivity index (χ2n) is 4.63. The van der Waals surface area contributed by atoms with Crippen molar-refractivity contribution in [2.75, 3.05) is 13.2 Å². The number of ether oxygens (including phenoxy) is 2. The maximum absolute atomic E-state index is 12.7. The molecule has 1 aliphatic rings. The molecule has 0 saturated carbocycles. The molecule has 5 nitrogen and oxygen atoms in total. The Morgan fingerprint density at radius 2 is 2.25 bits per heavy atom. The van der Waals surface area contributed by atoms with Gasteiger partial charge in [-0.2, -0.15) is 5.48 Å². The Bertz CT molecular complexity index is 431. The van der Waals surface area contributed by atoms with Crippen LogP contribution in [0.15, 0.2) is 24.3 Å². The summed E-state index contributed by atoms with van der Waals surface area (Å²) in [5.41, 5.74) is 2.27. The van der Waals surface area contributed by atoms with E-state index in [0.717, 1.165) is 19.4 Å². The van der Waals surface area contributed by atoms with Crippen molar-refractivity contribution in [3.8, 4) is 5.75 Å². The van der Waals surface area contributed by atoms with E-state index in [1.54, 1.807) is 6.92 Å². The lowest BCUT2D eigenvalue weighted by Crippen LogP contribution is -2.37. The van der Waals surface area contributed by atoms with Crippen molar-refractivity contribution in [2.24, 2.45) is 0 Å². The molecular weight excluding hydrogens is 265 g/mol. The summed E-state index contributed by atoms with van der Waals surface area (Å²) in [6.45, 7) is 2.78. The minimum atomic E-state index is -0.639. The summed E-state index contributed by atoms with van der Waals surface area (Å²) < 4.78 is 23.5. The summed E-state index contributed by atoms with van der Waals surface area (Å²) in [7, 11) is 0. The lowest BCUT2D eigenvalue weighted by Gasteiger charge is -2.16. The van der Waals surface area contributed by atoms with E-state index in [2.05, 4.69) is 5.48 Å². The van der Waals surface area contributed by atoms with E-state index in [-0.39, 0.29) is 11.9 Å². The molecule has 0 radical (unpaired) electrons. The number of halogens is 1. The molecule has 20 heavy (non-hydrogen) atoms. The van der Waals surface area contributed by atoms with Crippen molar-refractivity contribution < 1.29 is 23.5 Å². The van der Waals surface area contributed by atoms with Gasteiger partial charge in [0.05, 0.1) is 12.7 Å². The highest BCUT2D eigenvalue weighted by atomic mass is 19.1. The summed E-state index contributed by atoms with van der Waals surface area (Å²) in [6, 6.07) is 5.35. The summed E-state index contributed by atoms with van der Waals surface area (Å²) in [5.74, 6) is -0.407. The highest BCUT2D eigenvalue weighted by molar-refractivity contribution is 5.79. The van der Waals surface area contributed by atoms with Crippen LogP contribution in [-0.4, -0.2) is 31.3 Å². The fraction of sp³-hybridized carbons (Fsp3) is 0.500. The van der Waals surface area contributed by atoms with Crippen LogP contribution in [0.2, 0.25) is 0 Å². The van der Waals surface area contributed by atoms with Crippen LogP contribution < -0.4 is 10.3 Å². The first-order chi connectivity index (χ1) is 9.65. The summed E-state index contributed by atoms with van der Waals surface area (Å²) in [5, 5.41) is 0. The van der Waals surface area contributed by atoms with Gasteiger partial charge in [-0.25, -0.2) is 4.39 Å². The van der Waals surface area contributed by atoms with Crippen molar-refractivity contribution in [1.82, 2.24) is 5.48 Å². The first-order valence-corrected chi connectivity index (χ1v) is 6.60. The molecule has 6 heteroatoms. The van der Waals surface area contributed by atoms with Crippen LogP contribution in [0.4, 0.5) is 4.39 Å². The molecule has 110 valence electrons. The number of hydroxylamine groups is 1. The Kier molecular flexibility index (Phi) is 5.31. The number of rotatable bonds is 6. The molecule has 1 fully saturated rings. The van der Waals surface area contributed by atoms with Crippen LogP contribution >= 0.6 is 0 Å². The van der Waals surface area contributed by atoms with Crippen LogP contribution in [0.5, 0.6) is 5.75 Å². The molecule has 0 aliphatic carbocycles. The molecule has 0 aromatic heterocycles. The Labute approximate surface area is 117 Å². The van der Waals surface area contributed by atoms with Gasteiger partial charge in [-0.3, -0.25) is 4.79 Å². The molecule has 1 saturated heterocycles. The highest BCUT2D eigenvalue weighted by Gasteiger charge is 2.20. The number of hydrogen-bond donors (Lipinski definition) is 1. The largest absolute Gasteiger partial charge is 0.379 e. The highest BCUT2D eigenvalue weighted by Crippen LogP contribution is 2.13. The average molecular weight is 283 g/mol. The summed E-state index contributed by atoms with van der Waals surface area (Å²) >= 11 is 0. The molecule has 1 aromatic rings. The number of carbonyl (C=O) groups excluding carboxylic acids is 1. The van der Waals surface area contributed by atoms with Gasteiger partial charge >= 0.3 is 0 Å². The van der Waals surface area contributed by atoms with E-state index >= 15 is 0 Å². The van der Waals surface area contributed by atoms with E-state index in [4.69, 9.17) is 14.3 Å². The van der Waals surface area contributed by atoms with Crippen molar-refractivity contribution in [3.05, 3.63) is 30.1 Å². The molecule has 0 spiro atoms. The molecule has 2 unspecified atom stereocenters. The Hall–Kier alpha value is -1.66. The summed E-state index contributed by atoms with van der Waals surface area (Å²) in [4.78, 5) is 16.8. The average Bonchev–Trinajstić information content (AvgIpc) is 2.97. The third-order valence-electron chi connectivity index (χ3n) is 3.01. The van der Waals surface area contributed by atoms with Crippen LogP contribution in [-0.2, 0) is 14.3 Å². The lowest BCUT2D eigenvalue weighted by molar-refractivity contribution is -0.140. The third kappa shape index (κ3) is 4.47. The fourth-order valence-electron chi connectivity index (χ4n) is 1.80. The Morgan fingerprint density at radius 3 is 2.90 bits per heavy atom. The first-order valence-electron chi connectivity index (χ1n) is 6.60. The van der Waals surface area contributed by atoms with E-state index in [1.807, 2.05) is 0 Å². The number of amides is 1. The van der Waals surface area contributed by atoms with Crippen molar-refractivity contribution >= 4 is 5.91 Å². The Morgan fingerprint density at radius 1 is 1.50 bits per heavy atom. The van der Waals surface area contributed by atoms with Crippen molar-refractivity contribution in [2.45, 2.75) is 32.0 Å². The fourth-order valence-corrected chi connectivity index (χ4v) is 1.80. The van der Waals surface area contributed by atoms with Gasteiger partial charge in [0.25, 0.3) is 5.91 Å². The van der Waals surface area contributed by atoms with Gasteiger partial charge in [-0.05, 0) is 44.0 Å². The van der Waals surface area contributed by atoms with Crippen LogP contribution in [0.25, 0.3) is 0 Å². The zero-order valence-corrected chi connectivity index (χ0v) is 11.3. The van der Waals surface area contributed by atoms with Crippen LogP contribution in [0, 0.1) is 5.82 Å². The number of hydrogen-bond acceptors (Lipinski definition) is 4. The van der Waals surface area contributed by atoms with Gasteiger partial charge in [-0.1, -0.05) is 0 Å². The van der Waals surface area contributed by atoms with Gasteiger partial charge in [0.15, 0.2) is 5.75 Å². The van der Waals surface area contributed by atoms with Crippen LogP contribution in [0.1, 0.15) is 19.8 Å². The molecule has 1 aliphatic heterocycles. The number of nitrogens with one attached hydrogen (secondary N) is 1. The van der Waals surface area contributed by atoms with Gasteiger partial charge in [-0.15, -0.1) is 0 Å². The number of carbonyl (C=O) groups is 1. The Balaban J connectivity index is 1.69. The number of benzene rings is 1. The van der Waals surface area contributed by atoms with E-state index in [9.17, 15) is 9.18 Å². The first kappa shape index (κ1) is 14.7. The second kappa shape index (κ2) is 7.21. The standard InChI is InChI=1S/C14H18FNO4/c1-10(19-9-13-3-2-8-18-13)14(17)16-20-12-6-4-11(15)5-7-12/h4-7,10,13H,2-3,8-9H2,1H3,(H,16,17). The normalized spacial score (nSPS) is 19.6. The van der Waals surface area contributed by atoms with Crippen molar-refractivity contribution in [1.29, 1.82) is 0 Å². The quantitative estimate of drug-likeness (QED) is 0.809. The molecular formula is C14H18FNO4. The molecule has 0 bridgehead atoms. The predicted molar refractivity (Wildman–Crippen MR) is 69.6 cm³/mol. The lowest BCUT2D eigenvalue weighted by atomic mass is 10.2. The zero-order valence-electron chi connectivity index (χ0n) is 11.3. The van der Waals surface area contributed by atoms with Gasteiger partial charge in [0.2, 0.25) is 0 Å². The van der Waals surface area contributed by atoms with E-state index in [1.165, 1.54) is 24.3 Å². The second-order valence-corrected chi connectivity index (χ2v) is 4.63. The smallest absolute Gasteiger partial charge is 0.281 e.